The second-order valence-electron chi connectivity index (χ2n) is 4.33. The molecule has 0 amide bonds. The molecule has 0 saturated heterocycles. The van der Waals surface area contributed by atoms with Crippen LogP contribution >= 0.6 is 0 Å². The minimum absolute atomic E-state index is 0.119. The number of carbonyl (C=O) groups is 1. The number of aliphatic hydroxyl groups is 1. The van der Waals surface area contributed by atoms with Crippen molar-refractivity contribution in [3.63, 3.8) is 0 Å². The van der Waals surface area contributed by atoms with Gasteiger partial charge in [0.1, 0.15) is 12.1 Å². The fourth-order valence-electron chi connectivity index (χ4n) is 1.57. The molecule has 5 N–H and O–H groups in total. The van der Waals surface area contributed by atoms with Crippen molar-refractivity contribution in [1.82, 2.24) is 5.32 Å². The van der Waals surface area contributed by atoms with Gasteiger partial charge in [0.05, 0.1) is 0 Å². The maximum atomic E-state index is 11.1. The van der Waals surface area contributed by atoms with Crippen LogP contribution in [0.2, 0.25) is 0 Å². The van der Waals surface area contributed by atoms with Gasteiger partial charge >= 0.3 is 5.97 Å². The van der Waals surface area contributed by atoms with Gasteiger partial charge in [0, 0.05) is 6.04 Å². The summed E-state index contributed by atoms with van der Waals surface area (Å²) in [6.07, 6.45) is -1.32. The Labute approximate surface area is 105 Å². The van der Waals surface area contributed by atoms with E-state index in [1.54, 1.807) is 13.8 Å². The molecule has 0 aromatic heterocycles. The van der Waals surface area contributed by atoms with Gasteiger partial charge in [-0.25, -0.2) is 0 Å². The SMILES string of the molecule is CC(C)NC(C(=O)O)C(O)c1ccc(O)c(O)c1. The number of phenols is 2. The molecule has 2 unspecified atom stereocenters. The molecule has 1 aromatic carbocycles. The number of nitrogens with one attached hydrogen (secondary N) is 1. The van der Waals surface area contributed by atoms with E-state index >= 15 is 0 Å². The zero-order valence-electron chi connectivity index (χ0n) is 10.2. The number of aliphatic hydroxyl groups excluding tert-OH is 1. The summed E-state index contributed by atoms with van der Waals surface area (Å²) in [5.74, 6) is -1.92. The average molecular weight is 255 g/mol. The molecule has 1 rings (SSSR count). The van der Waals surface area contributed by atoms with E-state index in [1.165, 1.54) is 12.1 Å². The molecule has 0 heterocycles. The van der Waals surface area contributed by atoms with Crippen molar-refractivity contribution in [2.45, 2.75) is 32.0 Å². The standard InChI is InChI=1S/C12H17NO5/c1-6(2)13-10(12(17)18)11(16)7-3-4-8(14)9(15)5-7/h3-6,10-11,13-16H,1-2H3,(H,17,18). The monoisotopic (exact) mass is 255 g/mol. The van der Waals surface area contributed by atoms with Crippen molar-refractivity contribution in [3.05, 3.63) is 23.8 Å². The summed E-state index contributed by atoms with van der Waals surface area (Å²) in [5.41, 5.74) is 0.214. The van der Waals surface area contributed by atoms with Crippen molar-refractivity contribution < 1.29 is 25.2 Å². The number of hydrogen-bond donors (Lipinski definition) is 5. The summed E-state index contributed by atoms with van der Waals surface area (Å²) in [6, 6.07) is 2.39. The highest BCUT2D eigenvalue weighted by Gasteiger charge is 2.28. The van der Waals surface area contributed by atoms with Gasteiger partial charge in [-0.1, -0.05) is 19.9 Å². The molecule has 1 aromatic rings. The van der Waals surface area contributed by atoms with Crippen molar-refractivity contribution >= 4 is 5.97 Å². The number of benzene rings is 1. The third-order valence-electron chi connectivity index (χ3n) is 2.44. The Morgan fingerprint density at radius 2 is 1.83 bits per heavy atom. The fourth-order valence-corrected chi connectivity index (χ4v) is 1.57. The van der Waals surface area contributed by atoms with Gasteiger partial charge in [-0.2, -0.15) is 0 Å². The van der Waals surface area contributed by atoms with Crippen LogP contribution in [0.5, 0.6) is 11.5 Å². The molecule has 6 heteroatoms. The predicted molar refractivity (Wildman–Crippen MR) is 64.4 cm³/mol. The van der Waals surface area contributed by atoms with E-state index in [9.17, 15) is 15.0 Å². The fraction of sp³-hybridized carbons (Fsp3) is 0.417. The Balaban J connectivity index is 2.97. The number of aliphatic carboxylic acids is 1. The van der Waals surface area contributed by atoms with Gasteiger partial charge in [-0.15, -0.1) is 0 Å². The largest absolute Gasteiger partial charge is 0.504 e. The van der Waals surface area contributed by atoms with Crippen molar-refractivity contribution in [1.29, 1.82) is 0 Å². The van der Waals surface area contributed by atoms with Crippen LogP contribution in [0.3, 0.4) is 0 Å². The van der Waals surface area contributed by atoms with Crippen LogP contribution in [0, 0.1) is 0 Å². The Morgan fingerprint density at radius 3 is 2.28 bits per heavy atom. The smallest absolute Gasteiger partial charge is 0.323 e. The second-order valence-corrected chi connectivity index (χ2v) is 4.33. The highest BCUT2D eigenvalue weighted by Crippen LogP contribution is 2.29. The summed E-state index contributed by atoms with van der Waals surface area (Å²) in [7, 11) is 0. The number of carboxylic acids is 1. The highest BCUT2D eigenvalue weighted by atomic mass is 16.4. The van der Waals surface area contributed by atoms with Crippen molar-refractivity contribution in [2.24, 2.45) is 0 Å². The first-order valence-corrected chi connectivity index (χ1v) is 5.51. The molecule has 0 aliphatic carbocycles. The van der Waals surface area contributed by atoms with E-state index in [2.05, 4.69) is 5.32 Å². The number of phenolic OH excluding ortho intramolecular Hbond substituents is 2. The third-order valence-corrected chi connectivity index (χ3v) is 2.44. The Morgan fingerprint density at radius 1 is 1.22 bits per heavy atom. The second kappa shape index (κ2) is 5.70. The molecule has 0 radical (unpaired) electrons. The predicted octanol–water partition coefficient (Wildman–Crippen LogP) is 0.582. The summed E-state index contributed by atoms with van der Waals surface area (Å²) >= 11 is 0. The summed E-state index contributed by atoms with van der Waals surface area (Å²) in [5, 5.41) is 40.2. The van der Waals surface area contributed by atoms with E-state index in [-0.39, 0.29) is 17.4 Å². The molecular formula is C12H17NO5. The van der Waals surface area contributed by atoms with Crippen LogP contribution < -0.4 is 5.32 Å². The van der Waals surface area contributed by atoms with Gasteiger partial charge in [0.2, 0.25) is 0 Å². The summed E-state index contributed by atoms with van der Waals surface area (Å²) < 4.78 is 0. The van der Waals surface area contributed by atoms with Crippen LogP contribution in [0.25, 0.3) is 0 Å². The summed E-state index contributed by atoms with van der Waals surface area (Å²) in [4.78, 5) is 11.1. The lowest BCUT2D eigenvalue weighted by Crippen LogP contribution is -2.45. The third kappa shape index (κ3) is 3.35. The minimum atomic E-state index is -1.32. The van der Waals surface area contributed by atoms with Crippen LogP contribution in [-0.4, -0.2) is 38.5 Å². The zero-order valence-corrected chi connectivity index (χ0v) is 10.2. The van der Waals surface area contributed by atoms with Gasteiger partial charge in [-0.05, 0) is 17.7 Å². The van der Waals surface area contributed by atoms with Crippen molar-refractivity contribution in [3.8, 4) is 11.5 Å². The van der Waals surface area contributed by atoms with Gasteiger partial charge < -0.3 is 20.4 Å². The first kappa shape index (κ1) is 14.3. The molecule has 2 atom stereocenters. The molecule has 0 bridgehead atoms. The first-order chi connectivity index (χ1) is 8.32. The molecule has 0 aliphatic heterocycles. The van der Waals surface area contributed by atoms with E-state index in [0.29, 0.717) is 0 Å². The molecule has 100 valence electrons. The molecule has 0 spiro atoms. The Kier molecular flexibility index (Phi) is 4.52. The molecule has 0 saturated carbocycles. The lowest BCUT2D eigenvalue weighted by atomic mass is 10.0. The highest BCUT2D eigenvalue weighted by molar-refractivity contribution is 5.74. The number of rotatable bonds is 5. The number of carboxylic acid groups (broad SMARTS) is 1. The van der Waals surface area contributed by atoms with Gasteiger partial charge in [0.25, 0.3) is 0 Å². The lowest BCUT2D eigenvalue weighted by molar-refractivity contribution is -0.143. The maximum Gasteiger partial charge on any atom is 0.323 e. The Bertz CT molecular complexity index is 432. The first-order valence-electron chi connectivity index (χ1n) is 5.51. The maximum absolute atomic E-state index is 11.1. The normalized spacial score (nSPS) is 14.4. The van der Waals surface area contributed by atoms with E-state index in [0.717, 1.165) is 6.07 Å². The minimum Gasteiger partial charge on any atom is -0.504 e. The molecule has 6 nitrogen and oxygen atoms in total. The van der Waals surface area contributed by atoms with Gasteiger partial charge in [0.15, 0.2) is 11.5 Å². The van der Waals surface area contributed by atoms with Crippen LogP contribution in [0.4, 0.5) is 0 Å². The van der Waals surface area contributed by atoms with Crippen LogP contribution in [0.15, 0.2) is 18.2 Å². The van der Waals surface area contributed by atoms with Gasteiger partial charge in [-0.3, -0.25) is 10.1 Å². The van der Waals surface area contributed by atoms with E-state index in [1.807, 2.05) is 0 Å². The molecular weight excluding hydrogens is 238 g/mol. The molecule has 18 heavy (non-hydrogen) atoms. The lowest BCUT2D eigenvalue weighted by Gasteiger charge is -2.23. The van der Waals surface area contributed by atoms with Crippen molar-refractivity contribution in [2.75, 3.05) is 0 Å². The number of aromatic hydroxyl groups is 2. The molecule has 0 aliphatic rings. The number of hydrogen-bond acceptors (Lipinski definition) is 5. The molecule has 0 fully saturated rings. The van der Waals surface area contributed by atoms with E-state index in [4.69, 9.17) is 10.2 Å². The summed E-state index contributed by atoms with van der Waals surface area (Å²) in [6.45, 7) is 3.52. The topological polar surface area (TPSA) is 110 Å². The van der Waals surface area contributed by atoms with Crippen LogP contribution in [0.1, 0.15) is 25.5 Å². The average Bonchev–Trinajstić information content (AvgIpc) is 2.28. The zero-order chi connectivity index (χ0) is 13.9. The van der Waals surface area contributed by atoms with Crippen LogP contribution in [-0.2, 0) is 4.79 Å². The van der Waals surface area contributed by atoms with E-state index < -0.39 is 23.9 Å². The Hall–Kier alpha value is -1.79. The quantitative estimate of drug-likeness (QED) is 0.492.